The van der Waals surface area contributed by atoms with Gasteiger partial charge in [-0.05, 0) is 25.7 Å². The lowest BCUT2D eigenvalue weighted by molar-refractivity contribution is 0.185. The minimum absolute atomic E-state index is 0.0306. The second-order valence-corrected chi connectivity index (χ2v) is 8.35. The van der Waals surface area contributed by atoms with Crippen LogP contribution in [0, 0.1) is 5.92 Å². The van der Waals surface area contributed by atoms with Gasteiger partial charge in [0.2, 0.25) is 15.9 Å². The molecule has 3 atom stereocenters. The van der Waals surface area contributed by atoms with Crippen LogP contribution in [-0.2, 0) is 16.4 Å². The number of sulfonamides is 1. The highest BCUT2D eigenvalue weighted by atomic mass is 32.2. The van der Waals surface area contributed by atoms with E-state index in [1.807, 2.05) is 6.92 Å². The van der Waals surface area contributed by atoms with Crippen molar-refractivity contribution >= 4 is 10.0 Å². The number of piperidine rings is 1. The van der Waals surface area contributed by atoms with Crippen LogP contribution in [0.25, 0.3) is 0 Å². The number of aryl methyl sites for hydroxylation is 1. The van der Waals surface area contributed by atoms with Gasteiger partial charge in [-0.2, -0.15) is 4.98 Å². The second kappa shape index (κ2) is 7.72. The fraction of sp³-hybridized carbons (Fsp3) is 0.867. The summed E-state index contributed by atoms with van der Waals surface area (Å²) in [6.45, 7) is 7.33. The van der Waals surface area contributed by atoms with E-state index < -0.39 is 10.0 Å². The normalized spacial score (nSPS) is 24.7. The molecule has 1 N–H and O–H groups in total. The van der Waals surface area contributed by atoms with Crippen LogP contribution in [0.4, 0.5) is 0 Å². The quantitative estimate of drug-likeness (QED) is 0.810. The van der Waals surface area contributed by atoms with E-state index in [1.54, 1.807) is 4.31 Å². The molecule has 0 bridgehead atoms. The maximum Gasteiger partial charge on any atom is 0.243 e. The van der Waals surface area contributed by atoms with Gasteiger partial charge in [0.15, 0.2) is 5.82 Å². The second-order valence-electron chi connectivity index (χ2n) is 6.37. The summed E-state index contributed by atoms with van der Waals surface area (Å²) in [7, 11) is -3.11. The highest BCUT2D eigenvalue weighted by Gasteiger charge is 2.33. The first-order valence-corrected chi connectivity index (χ1v) is 10.2. The smallest absolute Gasteiger partial charge is 0.243 e. The topological polar surface area (TPSA) is 88.3 Å². The van der Waals surface area contributed by atoms with Crippen LogP contribution in [0.2, 0.25) is 0 Å². The van der Waals surface area contributed by atoms with E-state index in [0.29, 0.717) is 24.9 Å². The zero-order valence-electron chi connectivity index (χ0n) is 14.4. The van der Waals surface area contributed by atoms with E-state index in [-0.39, 0.29) is 12.1 Å². The van der Waals surface area contributed by atoms with Crippen LogP contribution >= 0.6 is 0 Å². The van der Waals surface area contributed by atoms with Crippen LogP contribution < -0.4 is 5.32 Å². The fourth-order valence-electron chi connectivity index (χ4n) is 3.09. The van der Waals surface area contributed by atoms with Crippen LogP contribution in [0.1, 0.15) is 57.8 Å². The Kier molecular flexibility index (Phi) is 6.16. The Balaban J connectivity index is 1.98. The van der Waals surface area contributed by atoms with Gasteiger partial charge in [0.1, 0.15) is 0 Å². The largest absolute Gasteiger partial charge is 0.338 e. The zero-order chi connectivity index (χ0) is 17.0. The van der Waals surface area contributed by atoms with Crippen LogP contribution in [0.3, 0.4) is 0 Å². The standard InChI is InChI=1S/C15H28N4O3S/c1-5-7-14-17-15(22-18-14)11(3)16-13-8-9-19(23(4,20)21)10-12(13)6-2/h11-13,16H,5-10H2,1-4H3/t11-,12-,13-/m0/s1. The SMILES string of the molecule is CCCc1noc([C@H](C)N[C@H]2CCN(S(C)(=O)=O)C[C@@H]2CC)n1. The highest BCUT2D eigenvalue weighted by molar-refractivity contribution is 7.88. The molecule has 2 rings (SSSR count). The third-order valence-corrected chi connectivity index (χ3v) is 5.75. The molecule has 0 saturated carbocycles. The summed E-state index contributed by atoms with van der Waals surface area (Å²) in [5.41, 5.74) is 0. The minimum atomic E-state index is -3.11. The molecule has 1 aromatic heterocycles. The van der Waals surface area contributed by atoms with Gasteiger partial charge in [0.25, 0.3) is 0 Å². The maximum atomic E-state index is 11.7. The number of nitrogens with zero attached hydrogens (tertiary/aromatic N) is 3. The molecule has 0 spiro atoms. The lowest BCUT2D eigenvalue weighted by Gasteiger charge is -2.38. The third-order valence-electron chi connectivity index (χ3n) is 4.48. The molecule has 132 valence electrons. The van der Waals surface area contributed by atoms with Crippen LogP contribution in [-0.4, -0.2) is 48.3 Å². The van der Waals surface area contributed by atoms with Crippen molar-refractivity contribution in [2.24, 2.45) is 5.92 Å². The van der Waals surface area contributed by atoms with E-state index >= 15 is 0 Å². The van der Waals surface area contributed by atoms with E-state index in [0.717, 1.165) is 31.5 Å². The Labute approximate surface area is 138 Å². The molecule has 1 aliphatic rings. The molecule has 0 radical (unpaired) electrons. The summed E-state index contributed by atoms with van der Waals surface area (Å²) in [5, 5.41) is 7.54. The molecule has 1 saturated heterocycles. The molecule has 8 heteroatoms. The van der Waals surface area contributed by atoms with E-state index in [4.69, 9.17) is 4.52 Å². The summed E-state index contributed by atoms with van der Waals surface area (Å²) in [4.78, 5) is 4.42. The van der Waals surface area contributed by atoms with Crippen molar-refractivity contribution in [3.63, 3.8) is 0 Å². The van der Waals surface area contributed by atoms with Gasteiger partial charge >= 0.3 is 0 Å². The van der Waals surface area contributed by atoms with Crippen molar-refractivity contribution in [2.45, 2.75) is 58.5 Å². The summed E-state index contributed by atoms with van der Waals surface area (Å²) in [6.07, 6.45) is 4.82. The molecule has 1 aromatic rings. The fourth-order valence-corrected chi connectivity index (χ4v) is 3.99. The molecule has 23 heavy (non-hydrogen) atoms. The molecule has 1 fully saturated rings. The summed E-state index contributed by atoms with van der Waals surface area (Å²) >= 11 is 0. The molecule has 1 aliphatic heterocycles. The average molecular weight is 344 g/mol. The van der Waals surface area contributed by atoms with Crippen molar-refractivity contribution in [1.82, 2.24) is 19.8 Å². The molecule has 0 aliphatic carbocycles. The van der Waals surface area contributed by atoms with Crippen LogP contribution in [0.15, 0.2) is 4.52 Å². The van der Waals surface area contributed by atoms with E-state index in [1.165, 1.54) is 6.26 Å². The van der Waals surface area contributed by atoms with Crippen molar-refractivity contribution in [3.8, 4) is 0 Å². The van der Waals surface area contributed by atoms with Gasteiger partial charge in [-0.1, -0.05) is 25.4 Å². The third kappa shape index (κ3) is 4.74. The molecule has 7 nitrogen and oxygen atoms in total. The van der Waals surface area contributed by atoms with Gasteiger partial charge in [-0.3, -0.25) is 0 Å². The zero-order valence-corrected chi connectivity index (χ0v) is 15.3. The number of nitrogens with one attached hydrogen (secondary N) is 1. The first-order chi connectivity index (χ1) is 10.8. The number of rotatable bonds is 7. The average Bonchev–Trinajstić information content (AvgIpc) is 2.95. The molecule has 0 aromatic carbocycles. The van der Waals surface area contributed by atoms with Gasteiger partial charge in [-0.15, -0.1) is 0 Å². The summed E-state index contributed by atoms with van der Waals surface area (Å²) < 4.78 is 30.4. The summed E-state index contributed by atoms with van der Waals surface area (Å²) in [6, 6.07) is 0.228. The first-order valence-electron chi connectivity index (χ1n) is 8.38. The van der Waals surface area contributed by atoms with Crippen molar-refractivity contribution < 1.29 is 12.9 Å². The van der Waals surface area contributed by atoms with Gasteiger partial charge in [0, 0.05) is 25.6 Å². The monoisotopic (exact) mass is 344 g/mol. The Morgan fingerprint density at radius 2 is 2.17 bits per heavy atom. The van der Waals surface area contributed by atoms with Gasteiger partial charge in [-0.25, -0.2) is 12.7 Å². The van der Waals surface area contributed by atoms with E-state index in [2.05, 4.69) is 29.3 Å². The lowest BCUT2D eigenvalue weighted by atomic mass is 9.90. The summed E-state index contributed by atoms with van der Waals surface area (Å²) in [5.74, 6) is 1.64. The number of hydrogen-bond donors (Lipinski definition) is 1. The van der Waals surface area contributed by atoms with Gasteiger partial charge < -0.3 is 9.84 Å². The van der Waals surface area contributed by atoms with Crippen molar-refractivity contribution in [2.75, 3.05) is 19.3 Å². The van der Waals surface area contributed by atoms with Crippen molar-refractivity contribution in [3.05, 3.63) is 11.7 Å². The minimum Gasteiger partial charge on any atom is -0.338 e. The molecule has 0 unspecified atom stereocenters. The van der Waals surface area contributed by atoms with Gasteiger partial charge in [0.05, 0.1) is 12.3 Å². The van der Waals surface area contributed by atoms with E-state index in [9.17, 15) is 8.42 Å². The Morgan fingerprint density at radius 1 is 1.43 bits per heavy atom. The molecular formula is C15H28N4O3S. The van der Waals surface area contributed by atoms with Crippen molar-refractivity contribution in [1.29, 1.82) is 0 Å². The maximum absolute atomic E-state index is 11.7. The first kappa shape index (κ1) is 18.4. The number of hydrogen-bond acceptors (Lipinski definition) is 6. The molecule has 0 amide bonds. The Bertz CT molecular complexity index is 602. The highest BCUT2D eigenvalue weighted by Crippen LogP contribution is 2.24. The number of aromatic nitrogens is 2. The molecule has 2 heterocycles. The van der Waals surface area contributed by atoms with Crippen LogP contribution in [0.5, 0.6) is 0 Å². The Hall–Kier alpha value is -0.990. The lowest BCUT2D eigenvalue weighted by Crippen LogP contribution is -2.51. The predicted octanol–water partition coefficient (Wildman–Crippen LogP) is 1.73. The molecular weight excluding hydrogens is 316 g/mol. The Morgan fingerprint density at radius 3 is 2.78 bits per heavy atom. The predicted molar refractivity (Wildman–Crippen MR) is 88.4 cm³/mol.